The lowest BCUT2D eigenvalue weighted by Gasteiger charge is -2.12. The SMILES string of the molecule is ClC(Cl)(Cl)c1onc2c1CCCC2. The van der Waals surface area contributed by atoms with Crippen molar-refractivity contribution in [3.63, 3.8) is 0 Å². The highest BCUT2D eigenvalue weighted by Crippen LogP contribution is 2.42. The Balaban J connectivity index is 2.43. The van der Waals surface area contributed by atoms with Gasteiger partial charge in [0.05, 0.1) is 5.69 Å². The molecule has 0 aromatic carbocycles. The van der Waals surface area contributed by atoms with E-state index in [4.69, 9.17) is 39.3 Å². The predicted molar refractivity (Wildman–Crippen MR) is 52.4 cm³/mol. The fraction of sp³-hybridized carbons (Fsp3) is 0.625. The molecule has 13 heavy (non-hydrogen) atoms. The lowest BCUT2D eigenvalue weighted by atomic mass is 9.96. The molecule has 0 saturated heterocycles. The number of nitrogens with zero attached hydrogens (tertiary/aromatic N) is 1. The van der Waals surface area contributed by atoms with Crippen molar-refractivity contribution in [2.75, 3.05) is 0 Å². The summed E-state index contributed by atoms with van der Waals surface area (Å²) in [4.78, 5) is 0. The quantitative estimate of drug-likeness (QED) is 0.650. The Morgan fingerprint density at radius 2 is 1.85 bits per heavy atom. The first-order valence-electron chi connectivity index (χ1n) is 4.13. The maximum atomic E-state index is 5.73. The topological polar surface area (TPSA) is 26.0 Å². The smallest absolute Gasteiger partial charge is 0.251 e. The van der Waals surface area contributed by atoms with Crippen LogP contribution in [0.2, 0.25) is 0 Å². The molecule has 2 rings (SSSR count). The molecule has 0 amide bonds. The van der Waals surface area contributed by atoms with E-state index in [2.05, 4.69) is 5.16 Å². The van der Waals surface area contributed by atoms with Crippen molar-refractivity contribution in [1.82, 2.24) is 5.16 Å². The van der Waals surface area contributed by atoms with Crippen molar-refractivity contribution in [2.45, 2.75) is 29.5 Å². The van der Waals surface area contributed by atoms with Crippen LogP contribution in [0.3, 0.4) is 0 Å². The third kappa shape index (κ3) is 1.80. The number of hydrogen-bond acceptors (Lipinski definition) is 2. The van der Waals surface area contributed by atoms with Crippen molar-refractivity contribution >= 4 is 34.8 Å². The largest absolute Gasteiger partial charge is 0.356 e. The molecule has 1 aliphatic rings. The van der Waals surface area contributed by atoms with Gasteiger partial charge in [-0.25, -0.2) is 0 Å². The van der Waals surface area contributed by atoms with Gasteiger partial charge in [-0.2, -0.15) is 0 Å². The van der Waals surface area contributed by atoms with E-state index in [9.17, 15) is 0 Å². The average Bonchev–Trinajstić information content (AvgIpc) is 2.45. The Morgan fingerprint density at radius 3 is 2.54 bits per heavy atom. The van der Waals surface area contributed by atoms with E-state index in [1.165, 1.54) is 0 Å². The van der Waals surface area contributed by atoms with E-state index < -0.39 is 3.79 Å². The lowest BCUT2D eigenvalue weighted by molar-refractivity contribution is 0.380. The molecule has 1 aliphatic carbocycles. The Morgan fingerprint density at radius 1 is 1.15 bits per heavy atom. The summed E-state index contributed by atoms with van der Waals surface area (Å²) in [5, 5.41) is 3.89. The number of hydrogen-bond donors (Lipinski definition) is 0. The second kappa shape index (κ2) is 3.34. The minimum absolute atomic E-state index is 0.396. The van der Waals surface area contributed by atoms with E-state index in [0.29, 0.717) is 5.76 Å². The maximum Gasteiger partial charge on any atom is 0.251 e. The van der Waals surface area contributed by atoms with E-state index in [0.717, 1.165) is 36.9 Å². The van der Waals surface area contributed by atoms with Crippen LogP contribution in [0.25, 0.3) is 0 Å². The van der Waals surface area contributed by atoms with Crippen LogP contribution in [0.4, 0.5) is 0 Å². The standard InChI is InChI=1S/C8H8Cl3NO/c9-8(10,11)7-5-3-1-2-4-6(5)12-13-7/h1-4H2. The molecule has 0 N–H and O–H groups in total. The molecule has 0 spiro atoms. The fourth-order valence-electron chi connectivity index (χ4n) is 1.61. The van der Waals surface area contributed by atoms with E-state index in [1.54, 1.807) is 0 Å². The molecule has 0 atom stereocenters. The van der Waals surface area contributed by atoms with Gasteiger partial charge in [-0.15, -0.1) is 0 Å². The monoisotopic (exact) mass is 239 g/mol. The summed E-state index contributed by atoms with van der Waals surface area (Å²) >= 11 is 17.2. The van der Waals surface area contributed by atoms with Crippen LogP contribution in [-0.4, -0.2) is 5.16 Å². The zero-order chi connectivity index (χ0) is 9.47. The molecule has 5 heteroatoms. The summed E-state index contributed by atoms with van der Waals surface area (Å²) in [6, 6.07) is 0. The Hall–Kier alpha value is 0.0800. The second-order valence-electron chi connectivity index (χ2n) is 3.14. The van der Waals surface area contributed by atoms with Gasteiger partial charge in [-0.3, -0.25) is 0 Å². The molecule has 2 nitrogen and oxygen atoms in total. The zero-order valence-corrected chi connectivity index (χ0v) is 9.09. The molecule has 0 saturated carbocycles. The average molecular weight is 241 g/mol. The Labute approximate surface area is 91.1 Å². The molecule has 0 radical (unpaired) electrons. The van der Waals surface area contributed by atoms with Crippen LogP contribution in [-0.2, 0) is 16.6 Å². The highest BCUT2D eigenvalue weighted by atomic mass is 35.6. The molecular weight excluding hydrogens is 232 g/mol. The highest BCUT2D eigenvalue weighted by molar-refractivity contribution is 6.66. The van der Waals surface area contributed by atoms with Crippen LogP contribution < -0.4 is 0 Å². The van der Waals surface area contributed by atoms with Crippen molar-refractivity contribution < 1.29 is 4.52 Å². The van der Waals surface area contributed by atoms with Gasteiger partial charge in [0, 0.05) is 5.56 Å². The Bertz CT molecular complexity index is 316. The number of halogens is 3. The normalized spacial score (nSPS) is 17.2. The van der Waals surface area contributed by atoms with E-state index in [-0.39, 0.29) is 0 Å². The van der Waals surface area contributed by atoms with Crippen LogP contribution in [0, 0.1) is 0 Å². The van der Waals surface area contributed by atoms with Gasteiger partial charge < -0.3 is 4.52 Å². The Kier molecular flexibility index (Phi) is 2.47. The van der Waals surface area contributed by atoms with Crippen molar-refractivity contribution in [1.29, 1.82) is 0 Å². The maximum absolute atomic E-state index is 5.73. The minimum atomic E-state index is -1.47. The van der Waals surface area contributed by atoms with Crippen LogP contribution >= 0.6 is 34.8 Å². The first kappa shape index (κ1) is 9.63. The lowest BCUT2D eigenvalue weighted by Crippen LogP contribution is -2.07. The van der Waals surface area contributed by atoms with Gasteiger partial charge in [0.25, 0.3) is 3.79 Å². The molecule has 1 heterocycles. The predicted octanol–water partition coefficient (Wildman–Crippen LogP) is 3.38. The zero-order valence-electron chi connectivity index (χ0n) is 6.82. The summed E-state index contributed by atoms with van der Waals surface area (Å²) in [5.74, 6) is 0.396. The molecule has 0 bridgehead atoms. The van der Waals surface area contributed by atoms with E-state index in [1.807, 2.05) is 0 Å². The third-order valence-corrected chi connectivity index (χ3v) is 2.73. The third-order valence-electron chi connectivity index (χ3n) is 2.22. The summed E-state index contributed by atoms with van der Waals surface area (Å²) in [5.41, 5.74) is 1.94. The number of aromatic nitrogens is 1. The fourth-order valence-corrected chi connectivity index (χ4v) is 2.06. The van der Waals surface area contributed by atoms with Gasteiger partial charge >= 0.3 is 0 Å². The minimum Gasteiger partial charge on any atom is -0.356 e. The molecule has 0 aliphatic heterocycles. The van der Waals surface area contributed by atoms with Crippen molar-refractivity contribution in [2.24, 2.45) is 0 Å². The van der Waals surface area contributed by atoms with Gasteiger partial charge in [0.2, 0.25) is 0 Å². The summed E-state index contributed by atoms with van der Waals surface area (Å²) in [6.45, 7) is 0. The number of rotatable bonds is 0. The van der Waals surface area contributed by atoms with Gasteiger partial charge in [-0.1, -0.05) is 40.0 Å². The first-order valence-corrected chi connectivity index (χ1v) is 5.27. The number of alkyl halides is 3. The van der Waals surface area contributed by atoms with Gasteiger partial charge in [-0.05, 0) is 25.7 Å². The molecular formula is C8H8Cl3NO. The van der Waals surface area contributed by atoms with Crippen LogP contribution in [0.15, 0.2) is 4.52 Å². The first-order chi connectivity index (χ1) is 6.09. The molecule has 1 aromatic heterocycles. The van der Waals surface area contributed by atoms with E-state index >= 15 is 0 Å². The molecule has 0 unspecified atom stereocenters. The number of fused-ring (bicyclic) bond motifs is 1. The summed E-state index contributed by atoms with van der Waals surface area (Å²) in [7, 11) is 0. The second-order valence-corrected chi connectivity index (χ2v) is 5.42. The van der Waals surface area contributed by atoms with Crippen LogP contribution in [0.5, 0.6) is 0 Å². The van der Waals surface area contributed by atoms with Gasteiger partial charge in [0.1, 0.15) is 0 Å². The molecule has 72 valence electrons. The molecule has 1 aromatic rings. The highest BCUT2D eigenvalue weighted by Gasteiger charge is 2.33. The number of aryl methyl sites for hydroxylation is 1. The van der Waals surface area contributed by atoms with Crippen molar-refractivity contribution in [3.8, 4) is 0 Å². The summed E-state index contributed by atoms with van der Waals surface area (Å²) in [6.07, 6.45) is 4.09. The molecule has 0 fully saturated rings. The summed E-state index contributed by atoms with van der Waals surface area (Å²) < 4.78 is 3.56. The van der Waals surface area contributed by atoms with Gasteiger partial charge in [0.15, 0.2) is 5.76 Å². The van der Waals surface area contributed by atoms with Crippen LogP contribution in [0.1, 0.15) is 29.9 Å². The van der Waals surface area contributed by atoms with Crippen molar-refractivity contribution in [3.05, 3.63) is 17.0 Å².